The number of halogens is 2. The van der Waals surface area contributed by atoms with Crippen LogP contribution in [-0.2, 0) is 0 Å². The molecule has 1 aromatic rings. The third-order valence-corrected chi connectivity index (χ3v) is 1.41. The summed E-state index contributed by atoms with van der Waals surface area (Å²) in [5.74, 6) is -1.44. The van der Waals surface area contributed by atoms with Crippen LogP contribution in [0.4, 0.5) is 14.5 Å². The van der Waals surface area contributed by atoms with Gasteiger partial charge in [0, 0.05) is 6.07 Å². The van der Waals surface area contributed by atoms with Gasteiger partial charge in [0.15, 0.2) is 0 Å². The Morgan fingerprint density at radius 2 is 2.14 bits per heavy atom. The molecule has 1 aromatic heterocycles. The van der Waals surface area contributed by atoms with Crippen molar-refractivity contribution in [3.8, 4) is 0 Å². The predicted octanol–water partition coefficient (Wildman–Crippen LogP) is 1.44. The molecule has 74 valence electrons. The van der Waals surface area contributed by atoms with Crippen molar-refractivity contribution >= 4 is 11.5 Å². The SMILES string of the molecule is O=C(c1ccc([N+](=O)[O-])cn1)C(F)F. The van der Waals surface area contributed by atoms with Crippen molar-refractivity contribution in [1.82, 2.24) is 4.98 Å². The van der Waals surface area contributed by atoms with Crippen molar-refractivity contribution < 1.29 is 18.5 Å². The van der Waals surface area contributed by atoms with Crippen LogP contribution in [0.3, 0.4) is 0 Å². The van der Waals surface area contributed by atoms with Gasteiger partial charge in [0.25, 0.3) is 5.69 Å². The van der Waals surface area contributed by atoms with Crippen LogP contribution in [0.5, 0.6) is 0 Å². The Kier molecular flexibility index (Phi) is 2.80. The van der Waals surface area contributed by atoms with Crippen molar-refractivity contribution in [3.63, 3.8) is 0 Å². The Bertz CT molecular complexity index is 364. The van der Waals surface area contributed by atoms with Gasteiger partial charge >= 0.3 is 6.43 Å². The number of hydrogen-bond donors (Lipinski definition) is 0. The van der Waals surface area contributed by atoms with Crippen LogP contribution in [0.1, 0.15) is 10.5 Å². The van der Waals surface area contributed by atoms with Crippen LogP contribution >= 0.6 is 0 Å². The van der Waals surface area contributed by atoms with Crippen molar-refractivity contribution in [3.05, 3.63) is 34.1 Å². The summed E-state index contributed by atoms with van der Waals surface area (Å²) in [6, 6.07) is 1.84. The van der Waals surface area contributed by atoms with Crippen molar-refractivity contribution in [2.75, 3.05) is 0 Å². The molecule has 0 aromatic carbocycles. The van der Waals surface area contributed by atoms with E-state index in [9.17, 15) is 23.7 Å². The second-order valence-corrected chi connectivity index (χ2v) is 2.32. The van der Waals surface area contributed by atoms with E-state index in [-0.39, 0.29) is 5.69 Å². The number of rotatable bonds is 3. The highest BCUT2D eigenvalue weighted by atomic mass is 19.3. The zero-order chi connectivity index (χ0) is 10.7. The van der Waals surface area contributed by atoms with E-state index in [0.717, 1.165) is 18.3 Å². The zero-order valence-corrected chi connectivity index (χ0v) is 6.68. The molecular weight excluding hydrogens is 198 g/mol. The molecule has 0 aliphatic heterocycles. The summed E-state index contributed by atoms with van der Waals surface area (Å²) in [5.41, 5.74) is -0.832. The molecule has 0 aliphatic rings. The average Bonchev–Trinajstić information content (AvgIpc) is 2.16. The van der Waals surface area contributed by atoms with E-state index < -0.39 is 22.8 Å². The van der Waals surface area contributed by atoms with E-state index in [1.165, 1.54) is 0 Å². The first kappa shape index (κ1) is 10.2. The van der Waals surface area contributed by atoms with Crippen LogP contribution in [0, 0.1) is 10.1 Å². The van der Waals surface area contributed by atoms with E-state index in [2.05, 4.69) is 4.98 Å². The summed E-state index contributed by atoms with van der Waals surface area (Å²) in [6.45, 7) is 0. The van der Waals surface area contributed by atoms with Crippen LogP contribution in [0.15, 0.2) is 18.3 Å². The second kappa shape index (κ2) is 3.86. The molecule has 0 unspecified atom stereocenters. The number of hydrogen-bond acceptors (Lipinski definition) is 4. The Morgan fingerprint density at radius 3 is 2.50 bits per heavy atom. The van der Waals surface area contributed by atoms with Gasteiger partial charge in [0.1, 0.15) is 11.9 Å². The van der Waals surface area contributed by atoms with Gasteiger partial charge in [-0.3, -0.25) is 14.9 Å². The lowest BCUT2D eigenvalue weighted by Gasteiger charge is -1.97. The molecule has 0 radical (unpaired) electrons. The monoisotopic (exact) mass is 202 g/mol. The summed E-state index contributed by atoms with van der Waals surface area (Å²) >= 11 is 0. The number of Topliss-reactive ketones (excluding diaryl/α,β-unsaturated/α-hetero) is 1. The van der Waals surface area contributed by atoms with Gasteiger partial charge in [-0.25, -0.2) is 13.8 Å². The van der Waals surface area contributed by atoms with Gasteiger partial charge in [-0.05, 0) is 6.07 Å². The first-order chi connectivity index (χ1) is 6.52. The average molecular weight is 202 g/mol. The summed E-state index contributed by atoms with van der Waals surface area (Å²) in [5, 5.41) is 10.1. The maximum absolute atomic E-state index is 11.8. The fraction of sp³-hybridized carbons (Fsp3) is 0.143. The summed E-state index contributed by atoms with van der Waals surface area (Å²) < 4.78 is 23.7. The van der Waals surface area contributed by atoms with Gasteiger partial charge < -0.3 is 0 Å². The second-order valence-electron chi connectivity index (χ2n) is 2.32. The first-order valence-electron chi connectivity index (χ1n) is 3.45. The van der Waals surface area contributed by atoms with Crippen LogP contribution in [-0.4, -0.2) is 22.1 Å². The number of pyridine rings is 1. The van der Waals surface area contributed by atoms with Gasteiger partial charge in [-0.2, -0.15) is 0 Å². The lowest BCUT2D eigenvalue weighted by molar-refractivity contribution is -0.385. The highest BCUT2D eigenvalue weighted by molar-refractivity contribution is 5.96. The van der Waals surface area contributed by atoms with Gasteiger partial charge in [0.05, 0.1) is 4.92 Å². The number of nitro groups is 1. The van der Waals surface area contributed by atoms with E-state index >= 15 is 0 Å². The van der Waals surface area contributed by atoms with Crippen LogP contribution in [0.25, 0.3) is 0 Å². The maximum atomic E-state index is 11.8. The fourth-order valence-electron chi connectivity index (χ4n) is 0.752. The van der Waals surface area contributed by atoms with Crippen LogP contribution < -0.4 is 0 Å². The van der Waals surface area contributed by atoms with E-state index in [4.69, 9.17) is 0 Å². The number of carbonyl (C=O) groups is 1. The van der Waals surface area contributed by atoms with E-state index in [1.54, 1.807) is 0 Å². The van der Waals surface area contributed by atoms with E-state index in [1.807, 2.05) is 0 Å². The molecule has 0 fully saturated rings. The number of carbonyl (C=O) groups excluding carboxylic acids is 1. The number of nitrogens with zero attached hydrogens (tertiary/aromatic N) is 2. The Balaban J connectivity index is 2.94. The number of aromatic nitrogens is 1. The molecule has 0 N–H and O–H groups in total. The molecule has 0 spiro atoms. The Morgan fingerprint density at radius 1 is 1.50 bits per heavy atom. The normalized spacial score (nSPS) is 10.2. The van der Waals surface area contributed by atoms with Crippen molar-refractivity contribution in [1.29, 1.82) is 0 Å². The molecular formula is C7H4F2N2O3. The van der Waals surface area contributed by atoms with Gasteiger partial charge in [-0.15, -0.1) is 0 Å². The zero-order valence-electron chi connectivity index (χ0n) is 6.68. The lowest BCUT2D eigenvalue weighted by atomic mass is 10.2. The number of alkyl halides is 2. The minimum atomic E-state index is -3.15. The number of ketones is 1. The minimum Gasteiger partial charge on any atom is -0.286 e. The molecule has 0 bridgehead atoms. The molecule has 5 nitrogen and oxygen atoms in total. The lowest BCUT2D eigenvalue weighted by Crippen LogP contribution is -2.11. The molecule has 0 atom stereocenters. The molecule has 1 heterocycles. The predicted molar refractivity (Wildman–Crippen MR) is 41.2 cm³/mol. The quantitative estimate of drug-likeness (QED) is 0.422. The van der Waals surface area contributed by atoms with E-state index in [0.29, 0.717) is 0 Å². The molecule has 7 heteroatoms. The first-order valence-corrected chi connectivity index (χ1v) is 3.45. The van der Waals surface area contributed by atoms with Gasteiger partial charge in [0.2, 0.25) is 5.78 Å². The van der Waals surface area contributed by atoms with Crippen LogP contribution in [0.2, 0.25) is 0 Å². The standard InChI is InChI=1S/C7H4F2N2O3/c8-7(9)6(12)5-2-1-4(3-10-5)11(13)14/h1-3,7H. The maximum Gasteiger partial charge on any atom is 0.302 e. The highest BCUT2D eigenvalue weighted by Gasteiger charge is 2.19. The highest BCUT2D eigenvalue weighted by Crippen LogP contribution is 2.11. The smallest absolute Gasteiger partial charge is 0.286 e. The molecule has 0 saturated heterocycles. The molecule has 1 rings (SSSR count). The molecule has 0 amide bonds. The fourth-order valence-corrected chi connectivity index (χ4v) is 0.752. The molecule has 0 saturated carbocycles. The summed E-state index contributed by atoms with van der Waals surface area (Å²) in [6.07, 6.45) is -2.39. The van der Waals surface area contributed by atoms with Gasteiger partial charge in [-0.1, -0.05) is 0 Å². The third-order valence-electron chi connectivity index (χ3n) is 1.41. The largest absolute Gasteiger partial charge is 0.302 e. The summed E-state index contributed by atoms with van der Waals surface area (Å²) in [7, 11) is 0. The minimum absolute atomic E-state index is 0.351. The Hall–Kier alpha value is -1.92. The van der Waals surface area contributed by atoms with Crippen molar-refractivity contribution in [2.24, 2.45) is 0 Å². The molecule has 0 aliphatic carbocycles. The third kappa shape index (κ3) is 2.06. The molecule has 14 heavy (non-hydrogen) atoms. The van der Waals surface area contributed by atoms with Crippen molar-refractivity contribution in [2.45, 2.75) is 6.43 Å². The topological polar surface area (TPSA) is 73.1 Å². The Labute approximate surface area is 76.5 Å². The summed E-state index contributed by atoms with van der Waals surface area (Å²) in [4.78, 5) is 23.3.